The third kappa shape index (κ3) is 6.27. The maximum atomic E-state index is 13.4. The molecule has 1 aliphatic heterocycles. The van der Waals surface area contributed by atoms with Gasteiger partial charge in [0.15, 0.2) is 12.7 Å². The number of fused-ring (bicyclic) bond motifs is 1. The number of amides is 2. The molecule has 0 unspecified atom stereocenters. The predicted molar refractivity (Wildman–Crippen MR) is 121 cm³/mol. The van der Waals surface area contributed by atoms with Crippen LogP contribution in [0.15, 0.2) is 48.7 Å². The van der Waals surface area contributed by atoms with Crippen molar-refractivity contribution in [1.82, 2.24) is 10.6 Å². The fourth-order valence-corrected chi connectivity index (χ4v) is 3.31. The summed E-state index contributed by atoms with van der Waals surface area (Å²) in [7, 11) is 1.86. The van der Waals surface area contributed by atoms with Crippen molar-refractivity contribution in [2.24, 2.45) is 0 Å². The minimum absolute atomic E-state index is 0.0314. The molecule has 2 aromatic carbocycles. The third-order valence-electron chi connectivity index (χ3n) is 4.64. The lowest BCUT2D eigenvalue weighted by atomic mass is 10.2. The number of carbonyl (C=O) groups is 2. The van der Waals surface area contributed by atoms with Crippen LogP contribution in [-0.4, -0.2) is 44.7 Å². The first-order valence-corrected chi connectivity index (χ1v) is 10.5. The molecule has 1 heterocycles. The van der Waals surface area contributed by atoms with Crippen molar-refractivity contribution in [1.29, 1.82) is 0 Å². The SMILES string of the molecule is C=C(CCNC(=O)[C@@H]1CN(C)c2cc(Cl)ccc2O1)NC(=O)COc1ccc(Cl)c(F)c1. The van der Waals surface area contributed by atoms with Gasteiger partial charge in [-0.3, -0.25) is 9.59 Å². The van der Waals surface area contributed by atoms with Crippen molar-refractivity contribution in [2.75, 3.05) is 31.6 Å². The smallest absolute Gasteiger partial charge is 0.262 e. The van der Waals surface area contributed by atoms with Crippen LogP contribution in [0.25, 0.3) is 0 Å². The zero-order valence-corrected chi connectivity index (χ0v) is 18.8. The van der Waals surface area contributed by atoms with Crippen LogP contribution in [0.5, 0.6) is 11.5 Å². The fourth-order valence-electron chi connectivity index (χ4n) is 3.02. The first-order valence-electron chi connectivity index (χ1n) is 9.73. The molecule has 0 spiro atoms. The minimum atomic E-state index is -0.676. The summed E-state index contributed by atoms with van der Waals surface area (Å²) < 4.78 is 24.4. The molecule has 32 heavy (non-hydrogen) atoms. The molecule has 1 aliphatic rings. The Morgan fingerprint density at radius 3 is 2.81 bits per heavy atom. The number of ether oxygens (including phenoxy) is 2. The molecular weight excluding hydrogens is 460 g/mol. The summed E-state index contributed by atoms with van der Waals surface area (Å²) in [5.74, 6) is -0.597. The lowest BCUT2D eigenvalue weighted by Crippen LogP contribution is -2.48. The first kappa shape index (κ1) is 23.7. The van der Waals surface area contributed by atoms with Gasteiger partial charge in [0.05, 0.1) is 17.3 Å². The Morgan fingerprint density at radius 2 is 2.06 bits per heavy atom. The number of nitrogens with one attached hydrogen (secondary N) is 2. The summed E-state index contributed by atoms with van der Waals surface area (Å²) in [6, 6.07) is 9.11. The number of benzene rings is 2. The molecule has 0 bridgehead atoms. The number of nitrogens with zero attached hydrogens (tertiary/aromatic N) is 1. The van der Waals surface area contributed by atoms with Gasteiger partial charge in [-0.2, -0.15) is 0 Å². The molecule has 0 fully saturated rings. The molecule has 3 rings (SSSR count). The molecule has 170 valence electrons. The molecule has 0 saturated heterocycles. The monoisotopic (exact) mass is 481 g/mol. The largest absolute Gasteiger partial charge is 0.484 e. The Hall–Kier alpha value is -2.97. The lowest BCUT2D eigenvalue weighted by molar-refractivity contribution is -0.127. The van der Waals surface area contributed by atoms with Crippen molar-refractivity contribution in [2.45, 2.75) is 12.5 Å². The summed E-state index contributed by atoms with van der Waals surface area (Å²) in [6.07, 6.45) is -0.355. The molecule has 0 aliphatic carbocycles. The number of rotatable bonds is 8. The third-order valence-corrected chi connectivity index (χ3v) is 5.18. The highest BCUT2D eigenvalue weighted by molar-refractivity contribution is 6.31. The number of hydrogen-bond acceptors (Lipinski definition) is 5. The highest BCUT2D eigenvalue weighted by atomic mass is 35.5. The van der Waals surface area contributed by atoms with Crippen molar-refractivity contribution in [3.63, 3.8) is 0 Å². The van der Waals surface area contributed by atoms with E-state index < -0.39 is 17.8 Å². The van der Waals surface area contributed by atoms with Gasteiger partial charge in [0, 0.05) is 36.8 Å². The normalized spacial score (nSPS) is 14.8. The zero-order chi connectivity index (χ0) is 23.3. The molecule has 2 amide bonds. The first-order chi connectivity index (χ1) is 15.2. The van der Waals surface area contributed by atoms with E-state index in [9.17, 15) is 14.0 Å². The highest BCUT2D eigenvalue weighted by Crippen LogP contribution is 2.34. The molecule has 10 heteroatoms. The summed E-state index contributed by atoms with van der Waals surface area (Å²) in [6.45, 7) is 4.08. The van der Waals surface area contributed by atoms with Gasteiger partial charge in [-0.05, 0) is 30.3 Å². The topological polar surface area (TPSA) is 79.9 Å². The summed E-state index contributed by atoms with van der Waals surface area (Å²) in [4.78, 5) is 26.3. The number of anilines is 1. The van der Waals surface area contributed by atoms with Crippen molar-refractivity contribution >= 4 is 40.7 Å². The Morgan fingerprint density at radius 1 is 1.28 bits per heavy atom. The molecule has 1 atom stereocenters. The van der Waals surface area contributed by atoms with E-state index in [4.69, 9.17) is 32.7 Å². The summed E-state index contributed by atoms with van der Waals surface area (Å²) in [5, 5.41) is 5.91. The molecule has 7 nitrogen and oxygen atoms in total. The van der Waals surface area contributed by atoms with E-state index in [0.29, 0.717) is 29.4 Å². The van der Waals surface area contributed by atoms with Crippen molar-refractivity contribution in [3.05, 3.63) is 64.5 Å². The second-order valence-corrected chi connectivity index (χ2v) is 8.00. The van der Waals surface area contributed by atoms with Crippen LogP contribution >= 0.6 is 23.2 Å². The van der Waals surface area contributed by atoms with Crippen LogP contribution in [0.1, 0.15) is 6.42 Å². The maximum absolute atomic E-state index is 13.4. The second kappa shape index (κ2) is 10.6. The molecular formula is C22H22Cl2FN3O4. The van der Waals surface area contributed by atoms with Gasteiger partial charge in [0.1, 0.15) is 17.3 Å². The second-order valence-electron chi connectivity index (χ2n) is 7.16. The standard InChI is InChI=1S/C22H22Cl2FN3O4/c1-13(27-21(29)12-31-15-4-5-16(24)17(25)10-15)7-8-26-22(30)20-11-28(2)18-9-14(23)3-6-19(18)32-20/h3-6,9-10,20H,1,7-8,11-12H2,2H3,(H,26,30)(H,27,29)/t20-/m0/s1. The van der Waals surface area contributed by atoms with Gasteiger partial charge in [0.25, 0.3) is 11.8 Å². The fraction of sp³-hybridized carbons (Fsp3) is 0.273. The maximum Gasteiger partial charge on any atom is 0.262 e. The number of halogens is 3. The molecule has 0 aromatic heterocycles. The molecule has 2 N–H and O–H groups in total. The van der Waals surface area contributed by atoms with E-state index in [0.717, 1.165) is 11.8 Å². The predicted octanol–water partition coefficient (Wildman–Crippen LogP) is 3.54. The van der Waals surface area contributed by atoms with Crippen LogP contribution in [0.2, 0.25) is 10.0 Å². The average Bonchev–Trinajstić information content (AvgIpc) is 2.74. The quantitative estimate of drug-likeness (QED) is 0.602. The zero-order valence-electron chi connectivity index (χ0n) is 17.3. The van der Waals surface area contributed by atoms with E-state index in [1.807, 2.05) is 11.9 Å². The number of likely N-dealkylation sites (N-methyl/N-ethyl adjacent to an activating group) is 1. The van der Waals surface area contributed by atoms with Crippen molar-refractivity contribution in [3.8, 4) is 11.5 Å². The van der Waals surface area contributed by atoms with Crippen LogP contribution in [0, 0.1) is 5.82 Å². The van der Waals surface area contributed by atoms with Crippen LogP contribution in [0.3, 0.4) is 0 Å². The van der Waals surface area contributed by atoms with E-state index >= 15 is 0 Å². The van der Waals surface area contributed by atoms with Crippen LogP contribution in [-0.2, 0) is 9.59 Å². The van der Waals surface area contributed by atoms with E-state index in [2.05, 4.69) is 17.2 Å². The Labute approximate surface area is 195 Å². The van der Waals surface area contributed by atoms with E-state index in [1.165, 1.54) is 12.1 Å². The summed E-state index contributed by atoms with van der Waals surface area (Å²) >= 11 is 11.6. The van der Waals surface area contributed by atoms with Gasteiger partial charge in [-0.25, -0.2) is 4.39 Å². The Bertz CT molecular complexity index is 1030. The van der Waals surface area contributed by atoms with Gasteiger partial charge in [-0.15, -0.1) is 0 Å². The Kier molecular flexibility index (Phi) is 7.82. The number of hydrogen-bond donors (Lipinski definition) is 2. The van der Waals surface area contributed by atoms with Crippen LogP contribution < -0.4 is 25.0 Å². The van der Waals surface area contributed by atoms with Crippen molar-refractivity contribution < 1.29 is 23.5 Å². The summed E-state index contributed by atoms with van der Waals surface area (Å²) in [5.41, 5.74) is 1.23. The minimum Gasteiger partial charge on any atom is -0.484 e. The molecule has 2 aromatic rings. The number of carbonyl (C=O) groups excluding carboxylic acids is 2. The average molecular weight is 482 g/mol. The van der Waals surface area contributed by atoms with Gasteiger partial charge in [0.2, 0.25) is 0 Å². The van der Waals surface area contributed by atoms with Gasteiger partial charge in [-0.1, -0.05) is 29.8 Å². The van der Waals surface area contributed by atoms with E-state index in [-0.39, 0.29) is 29.8 Å². The van der Waals surface area contributed by atoms with Gasteiger partial charge >= 0.3 is 0 Å². The van der Waals surface area contributed by atoms with Gasteiger partial charge < -0.3 is 25.0 Å². The van der Waals surface area contributed by atoms with Crippen LogP contribution in [0.4, 0.5) is 10.1 Å². The highest BCUT2D eigenvalue weighted by Gasteiger charge is 2.29. The lowest BCUT2D eigenvalue weighted by Gasteiger charge is -2.33. The molecule has 0 radical (unpaired) electrons. The Balaban J connectivity index is 1.38. The van der Waals surface area contributed by atoms with E-state index in [1.54, 1.807) is 18.2 Å². The molecule has 0 saturated carbocycles.